The number of carbonyl (C=O) groups excluding carboxylic acids is 1. The van der Waals surface area contributed by atoms with E-state index in [0.29, 0.717) is 18.9 Å². The van der Waals surface area contributed by atoms with Crippen LogP contribution in [0.2, 0.25) is 0 Å². The summed E-state index contributed by atoms with van der Waals surface area (Å²) in [5.74, 6) is 0.782. The van der Waals surface area contributed by atoms with Crippen LogP contribution in [0.1, 0.15) is 38.5 Å². The Kier molecular flexibility index (Phi) is 4.40. The molecule has 0 spiro atoms. The van der Waals surface area contributed by atoms with Crippen LogP contribution in [0.5, 0.6) is 0 Å². The van der Waals surface area contributed by atoms with E-state index in [1.54, 1.807) is 0 Å². The Morgan fingerprint density at radius 1 is 1.35 bits per heavy atom. The summed E-state index contributed by atoms with van der Waals surface area (Å²) in [6.45, 7) is 3.14. The Morgan fingerprint density at radius 2 is 2.06 bits per heavy atom. The Balaban J connectivity index is 1.66. The van der Waals surface area contributed by atoms with Gasteiger partial charge < -0.3 is 15.8 Å². The molecule has 0 atom stereocenters. The lowest BCUT2D eigenvalue weighted by Gasteiger charge is -2.40. The van der Waals surface area contributed by atoms with Crippen LogP contribution in [-0.4, -0.2) is 32.2 Å². The molecule has 17 heavy (non-hydrogen) atoms. The van der Waals surface area contributed by atoms with Crippen LogP contribution >= 0.6 is 0 Å². The number of nitrogens with one attached hydrogen (secondary N) is 1. The van der Waals surface area contributed by atoms with Gasteiger partial charge >= 0.3 is 0 Å². The molecule has 0 unspecified atom stereocenters. The van der Waals surface area contributed by atoms with Crippen molar-refractivity contribution in [3.63, 3.8) is 0 Å². The van der Waals surface area contributed by atoms with Crippen molar-refractivity contribution in [3.8, 4) is 0 Å². The number of nitrogens with two attached hydrogens (primary N) is 1. The predicted octanol–water partition coefficient (Wildman–Crippen LogP) is 1.05. The first-order valence-corrected chi connectivity index (χ1v) is 6.79. The number of ether oxygens (including phenoxy) is 1. The second-order valence-corrected chi connectivity index (χ2v) is 5.59. The molecular weight excluding hydrogens is 216 g/mol. The standard InChI is InChI=1S/C13H24N2O2/c14-10-13(4-1-5-13)8-12(16)15-9-11-2-6-17-7-3-11/h11H,1-10,14H2,(H,15,16). The molecule has 98 valence electrons. The molecule has 0 aromatic heterocycles. The quantitative estimate of drug-likeness (QED) is 0.755. The van der Waals surface area contributed by atoms with Crippen molar-refractivity contribution in [1.29, 1.82) is 0 Å². The van der Waals surface area contributed by atoms with Crippen LogP contribution in [0.4, 0.5) is 0 Å². The lowest BCUT2D eigenvalue weighted by atomic mass is 9.66. The molecular formula is C13H24N2O2. The van der Waals surface area contributed by atoms with Crippen LogP contribution in [0.25, 0.3) is 0 Å². The van der Waals surface area contributed by atoms with Gasteiger partial charge in [0, 0.05) is 26.2 Å². The average Bonchev–Trinajstić information content (AvgIpc) is 2.33. The van der Waals surface area contributed by atoms with E-state index in [1.165, 1.54) is 6.42 Å². The zero-order valence-corrected chi connectivity index (χ0v) is 10.5. The summed E-state index contributed by atoms with van der Waals surface area (Å²) in [6, 6.07) is 0. The third kappa shape index (κ3) is 3.42. The fraction of sp³-hybridized carbons (Fsp3) is 0.923. The molecule has 1 saturated heterocycles. The molecule has 0 aromatic rings. The van der Waals surface area contributed by atoms with Gasteiger partial charge in [-0.05, 0) is 43.6 Å². The van der Waals surface area contributed by atoms with Gasteiger partial charge in [0.15, 0.2) is 0 Å². The zero-order valence-electron chi connectivity index (χ0n) is 10.5. The molecule has 0 aromatic carbocycles. The molecule has 0 bridgehead atoms. The highest BCUT2D eigenvalue weighted by atomic mass is 16.5. The van der Waals surface area contributed by atoms with E-state index in [2.05, 4.69) is 5.32 Å². The Morgan fingerprint density at radius 3 is 2.59 bits per heavy atom. The van der Waals surface area contributed by atoms with Gasteiger partial charge in [-0.2, -0.15) is 0 Å². The van der Waals surface area contributed by atoms with Gasteiger partial charge in [-0.3, -0.25) is 4.79 Å². The summed E-state index contributed by atoms with van der Waals surface area (Å²) in [6.07, 6.45) is 6.23. The summed E-state index contributed by atoms with van der Waals surface area (Å²) < 4.78 is 5.30. The van der Waals surface area contributed by atoms with Gasteiger partial charge in [0.25, 0.3) is 0 Å². The summed E-state index contributed by atoms with van der Waals surface area (Å²) in [5, 5.41) is 3.06. The highest BCUT2D eigenvalue weighted by Crippen LogP contribution is 2.42. The molecule has 1 amide bonds. The minimum Gasteiger partial charge on any atom is -0.381 e. The summed E-state index contributed by atoms with van der Waals surface area (Å²) in [7, 11) is 0. The first kappa shape index (κ1) is 12.8. The van der Waals surface area contributed by atoms with Crippen molar-refractivity contribution in [2.75, 3.05) is 26.3 Å². The first-order valence-electron chi connectivity index (χ1n) is 6.79. The van der Waals surface area contributed by atoms with E-state index >= 15 is 0 Å². The molecule has 0 radical (unpaired) electrons. The molecule has 2 rings (SSSR count). The number of amides is 1. The van der Waals surface area contributed by atoms with Crippen molar-refractivity contribution in [2.24, 2.45) is 17.1 Å². The van der Waals surface area contributed by atoms with Gasteiger partial charge in [0.05, 0.1) is 0 Å². The third-order valence-corrected chi connectivity index (χ3v) is 4.31. The third-order valence-electron chi connectivity index (χ3n) is 4.31. The largest absolute Gasteiger partial charge is 0.381 e. The van der Waals surface area contributed by atoms with Crippen LogP contribution in [0, 0.1) is 11.3 Å². The first-order chi connectivity index (χ1) is 8.24. The normalized spacial score (nSPS) is 24.1. The smallest absolute Gasteiger partial charge is 0.220 e. The predicted molar refractivity (Wildman–Crippen MR) is 66.5 cm³/mol. The minimum atomic E-state index is 0.125. The van der Waals surface area contributed by atoms with E-state index < -0.39 is 0 Å². The fourth-order valence-electron chi connectivity index (χ4n) is 2.74. The maximum absolute atomic E-state index is 11.9. The second kappa shape index (κ2) is 5.83. The number of rotatable bonds is 5. The lowest BCUT2D eigenvalue weighted by molar-refractivity contribution is -0.125. The van der Waals surface area contributed by atoms with Crippen LogP contribution in [0.15, 0.2) is 0 Å². The van der Waals surface area contributed by atoms with Crippen LogP contribution in [0.3, 0.4) is 0 Å². The SMILES string of the molecule is NCC1(CC(=O)NCC2CCOCC2)CCC1. The number of hydrogen-bond donors (Lipinski definition) is 2. The summed E-state index contributed by atoms with van der Waals surface area (Å²) >= 11 is 0. The molecule has 1 heterocycles. The van der Waals surface area contributed by atoms with Crippen LogP contribution < -0.4 is 11.1 Å². The average molecular weight is 240 g/mol. The van der Waals surface area contributed by atoms with Crippen molar-refractivity contribution >= 4 is 5.91 Å². The van der Waals surface area contributed by atoms with Crippen LogP contribution in [-0.2, 0) is 9.53 Å². The second-order valence-electron chi connectivity index (χ2n) is 5.59. The Hall–Kier alpha value is -0.610. The molecule has 4 heteroatoms. The lowest BCUT2D eigenvalue weighted by Crippen LogP contribution is -2.43. The Bertz CT molecular complexity index is 253. The monoisotopic (exact) mass is 240 g/mol. The Labute approximate surface area is 103 Å². The van der Waals surface area contributed by atoms with E-state index in [4.69, 9.17) is 10.5 Å². The van der Waals surface area contributed by atoms with Crippen molar-refractivity contribution in [3.05, 3.63) is 0 Å². The van der Waals surface area contributed by atoms with E-state index in [1.807, 2.05) is 0 Å². The molecule has 1 aliphatic heterocycles. The van der Waals surface area contributed by atoms with E-state index in [9.17, 15) is 4.79 Å². The van der Waals surface area contributed by atoms with Crippen molar-refractivity contribution < 1.29 is 9.53 Å². The van der Waals surface area contributed by atoms with Gasteiger partial charge in [0.2, 0.25) is 5.91 Å². The number of carbonyl (C=O) groups is 1. The van der Waals surface area contributed by atoms with Gasteiger partial charge in [-0.1, -0.05) is 6.42 Å². The molecule has 3 N–H and O–H groups in total. The molecule has 1 saturated carbocycles. The summed E-state index contributed by atoms with van der Waals surface area (Å²) in [4.78, 5) is 11.9. The topological polar surface area (TPSA) is 64.4 Å². The number of hydrogen-bond acceptors (Lipinski definition) is 3. The van der Waals surface area contributed by atoms with E-state index in [0.717, 1.165) is 45.4 Å². The van der Waals surface area contributed by atoms with Gasteiger partial charge in [0.1, 0.15) is 0 Å². The maximum Gasteiger partial charge on any atom is 0.220 e. The van der Waals surface area contributed by atoms with Crippen molar-refractivity contribution in [1.82, 2.24) is 5.32 Å². The fourth-order valence-corrected chi connectivity index (χ4v) is 2.74. The molecule has 1 aliphatic carbocycles. The molecule has 2 fully saturated rings. The molecule has 4 nitrogen and oxygen atoms in total. The molecule has 2 aliphatic rings. The summed E-state index contributed by atoms with van der Waals surface area (Å²) in [5.41, 5.74) is 5.88. The minimum absolute atomic E-state index is 0.125. The van der Waals surface area contributed by atoms with Gasteiger partial charge in [-0.25, -0.2) is 0 Å². The van der Waals surface area contributed by atoms with Crippen molar-refractivity contribution in [2.45, 2.75) is 38.5 Å². The zero-order chi connectivity index (χ0) is 12.1. The highest BCUT2D eigenvalue weighted by Gasteiger charge is 2.37. The maximum atomic E-state index is 11.9. The van der Waals surface area contributed by atoms with E-state index in [-0.39, 0.29) is 11.3 Å². The van der Waals surface area contributed by atoms with Gasteiger partial charge in [-0.15, -0.1) is 0 Å². The highest BCUT2D eigenvalue weighted by molar-refractivity contribution is 5.76.